The van der Waals surface area contributed by atoms with Gasteiger partial charge in [-0.05, 0) is 18.2 Å². The van der Waals surface area contributed by atoms with E-state index < -0.39 is 29.1 Å². The Morgan fingerprint density at radius 3 is 2.36 bits per heavy atom. The summed E-state index contributed by atoms with van der Waals surface area (Å²) < 4.78 is 37.6. The molecule has 1 heterocycles. The van der Waals surface area contributed by atoms with Gasteiger partial charge in [0.2, 0.25) is 0 Å². The van der Waals surface area contributed by atoms with Gasteiger partial charge in [-0.2, -0.15) is 5.26 Å². The van der Waals surface area contributed by atoms with E-state index in [1.165, 1.54) is 30.5 Å². The molecular formula is C17H12F2N2O4. The van der Waals surface area contributed by atoms with Gasteiger partial charge in [0, 0.05) is 12.3 Å². The highest BCUT2D eigenvalue weighted by Crippen LogP contribution is 2.30. The third-order valence-corrected chi connectivity index (χ3v) is 3.31. The van der Waals surface area contributed by atoms with Gasteiger partial charge in [0.1, 0.15) is 23.4 Å². The number of allylic oxidation sites excluding steroid dienone is 2. The fourth-order valence-corrected chi connectivity index (χ4v) is 2.16. The molecule has 0 saturated heterocycles. The third-order valence-electron chi connectivity index (χ3n) is 3.31. The zero-order chi connectivity index (χ0) is 18.6. The molecule has 1 aromatic rings. The Bertz CT molecular complexity index is 866. The minimum atomic E-state index is -0.978. The number of hydrogen-bond acceptors (Lipinski definition) is 6. The number of carbonyl (C=O) groups is 2. The van der Waals surface area contributed by atoms with Crippen molar-refractivity contribution in [2.75, 3.05) is 19.1 Å². The van der Waals surface area contributed by atoms with Crippen LogP contribution in [0.15, 0.2) is 47.8 Å². The summed E-state index contributed by atoms with van der Waals surface area (Å²) in [6, 6.07) is 2.97. The highest BCUT2D eigenvalue weighted by atomic mass is 19.1. The summed E-state index contributed by atoms with van der Waals surface area (Å²) in [5, 5.41) is 8.78. The fourth-order valence-electron chi connectivity index (χ4n) is 2.16. The molecule has 6 nitrogen and oxygen atoms in total. The number of hydrogen-bond donors (Lipinski definition) is 0. The van der Waals surface area contributed by atoms with Gasteiger partial charge < -0.3 is 14.4 Å². The molecule has 0 saturated carbocycles. The summed E-state index contributed by atoms with van der Waals surface area (Å²) in [6.45, 7) is 0. The van der Waals surface area contributed by atoms with Crippen LogP contribution in [0, 0.1) is 23.0 Å². The number of halogens is 2. The molecule has 0 fully saturated rings. The lowest BCUT2D eigenvalue weighted by Crippen LogP contribution is -2.27. The molecule has 128 valence electrons. The zero-order valence-corrected chi connectivity index (χ0v) is 13.2. The van der Waals surface area contributed by atoms with E-state index in [0.717, 1.165) is 25.2 Å². The number of anilines is 1. The molecule has 25 heavy (non-hydrogen) atoms. The van der Waals surface area contributed by atoms with E-state index in [-0.39, 0.29) is 17.0 Å². The molecule has 0 aromatic heterocycles. The van der Waals surface area contributed by atoms with Crippen LogP contribution < -0.4 is 4.90 Å². The van der Waals surface area contributed by atoms with Crippen LogP contribution in [0.25, 0.3) is 0 Å². The van der Waals surface area contributed by atoms with Crippen LogP contribution in [0.3, 0.4) is 0 Å². The minimum absolute atomic E-state index is 0.205. The fraction of sp³-hybridized carbons (Fsp3) is 0.118. The van der Waals surface area contributed by atoms with Crippen LogP contribution in [-0.4, -0.2) is 26.2 Å². The summed E-state index contributed by atoms with van der Waals surface area (Å²) in [5.41, 5.74) is -1.43. The molecule has 0 aliphatic carbocycles. The van der Waals surface area contributed by atoms with Crippen LogP contribution in [0.2, 0.25) is 0 Å². The van der Waals surface area contributed by atoms with E-state index in [0.29, 0.717) is 6.07 Å². The van der Waals surface area contributed by atoms with Gasteiger partial charge >= 0.3 is 11.9 Å². The van der Waals surface area contributed by atoms with Crippen LogP contribution in [0.5, 0.6) is 0 Å². The second kappa shape index (κ2) is 7.40. The molecule has 0 spiro atoms. The first-order valence-electron chi connectivity index (χ1n) is 6.88. The van der Waals surface area contributed by atoms with Gasteiger partial charge in [0.25, 0.3) is 0 Å². The summed E-state index contributed by atoms with van der Waals surface area (Å²) >= 11 is 0. The quantitative estimate of drug-likeness (QED) is 0.782. The van der Waals surface area contributed by atoms with Gasteiger partial charge in [-0.1, -0.05) is 6.08 Å². The lowest BCUT2D eigenvalue weighted by molar-refractivity contribution is -0.139. The van der Waals surface area contributed by atoms with Crippen LogP contribution in [0.1, 0.15) is 5.56 Å². The summed E-state index contributed by atoms with van der Waals surface area (Å²) in [6.07, 6.45) is 5.37. The van der Waals surface area contributed by atoms with E-state index in [2.05, 4.69) is 9.47 Å². The lowest BCUT2D eigenvalue weighted by atomic mass is 10.1. The van der Waals surface area contributed by atoms with E-state index in [4.69, 9.17) is 5.26 Å². The Hall–Kier alpha value is -3.47. The van der Waals surface area contributed by atoms with Crippen molar-refractivity contribution in [2.24, 2.45) is 0 Å². The Morgan fingerprint density at radius 2 is 1.76 bits per heavy atom. The minimum Gasteiger partial charge on any atom is -0.465 e. The number of benzene rings is 1. The van der Waals surface area contributed by atoms with Crippen LogP contribution >= 0.6 is 0 Å². The number of rotatable bonds is 3. The first-order chi connectivity index (χ1) is 11.9. The zero-order valence-electron chi connectivity index (χ0n) is 13.2. The van der Waals surface area contributed by atoms with E-state index in [1.807, 2.05) is 0 Å². The van der Waals surface area contributed by atoms with Crippen molar-refractivity contribution in [3.05, 3.63) is 65.0 Å². The van der Waals surface area contributed by atoms with Crippen molar-refractivity contribution in [3.63, 3.8) is 0 Å². The maximum atomic E-state index is 14.4. The van der Waals surface area contributed by atoms with Gasteiger partial charge in [-0.25, -0.2) is 18.4 Å². The first-order valence-corrected chi connectivity index (χ1v) is 6.88. The Balaban J connectivity index is 2.74. The summed E-state index contributed by atoms with van der Waals surface area (Å²) in [5.74, 6) is -3.76. The first kappa shape index (κ1) is 17.9. The van der Waals surface area contributed by atoms with E-state index in [9.17, 15) is 18.4 Å². The number of carbonyl (C=O) groups excluding carboxylic acids is 2. The van der Waals surface area contributed by atoms with Crippen LogP contribution in [0.4, 0.5) is 14.5 Å². The molecule has 0 amide bonds. The second-order valence-electron chi connectivity index (χ2n) is 4.71. The highest BCUT2D eigenvalue weighted by Gasteiger charge is 2.29. The second-order valence-corrected chi connectivity index (χ2v) is 4.71. The summed E-state index contributed by atoms with van der Waals surface area (Å²) in [7, 11) is 2.19. The standard InChI is InChI=1S/C17H12F2N2O4/c1-24-16(22)11-5-3-4-6-21(15(11)17(23)25-2)14-8-12(18)10(9-20)7-13(14)19/h3-8H,1-2H3. The Labute approximate surface area is 141 Å². The average Bonchev–Trinajstić information content (AvgIpc) is 2.84. The average molecular weight is 346 g/mol. The molecule has 8 heteroatoms. The predicted octanol–water partition coefficient (Wildman–Crippen LogP) is 2.33. The highest BCUT2D eigenvalue weighted by molar-refractivity contribution is 6.05. The normalized spacial score (nSPS) is 13.3. The number of ether oxygens (including phenoxy) is 2. The van der Waals surface area contributed by atoms with E-state index in [1.54, 1.807) is 0 Å². The number of esters is 2. The SMILES string of the molecule is COC(=O)C1=C(C(=O)OC)N(c2cc(F)c(C#N)cc2F)C=CC=C1. The maximum absolute atomic E-state index is 14.4. The Kier molecular flexibility index (Phi) is 5.29. The van der Waals surface area contributed by atoms with Crippen molar-refractivity contribution in [3.8, 4) is 6.07 Å². The van der Waals surface area contributed by atoms with Crippen molar-refractivity contribution in [2.45, 2.75) is 0 Å². The van der Waals surface area contributed by atoms with Crippen LogP contribution in [-0.2, 0) is 19.1 Å². The van der Waals surface area contributed by atoms with Gasteiger partial charge in [0.05, 0.1) is 31.0 Å². The molecule has 0 N–H and O–H groups in total. The molecule has 0 radical (unpaired) electrons. The molecule has 0 atom stereocenters. The van der Waals surface area contributed by atoms with E-state index >= 15 is 0 Å². The molecule has 1 aliphatic heterocycles. The Morgan fingerprint density at radius 1 is 1.08 bits per heavy atom. The predicted molar refractivity (Wildman–Crippen MR) is 82.9 cm³/mol. The topological polar surface area (TPSA) is 79.6 Å². The maximum Gasteiger partial charge on any atom is 0.355 e. The van der Waals surface area contributed by atoms with Gasteiger partial charge in [0.15, 0.2) is 0 Å². The third kappa shape index (κ3) is 3.40. The van der Waals surface area contributed by atoms with Crippen molar-refractivity contribution >= 4 is 17.6 Å². The lowest BCUT2D eigenvalue weighted by Gasteiger charge is -2.23. The van der Waals surface area contributed by atoms with Crippen molar-refractivity contribution < 1.29 is 27.8 Å². The molecule has 1 aliphatic rings. The molecule has 2 rings (SSSR count). The van der Waals surface area contributed by atoms with Gasteiger partial charge in [-0.15, -0.1) is 0 Å². The molecular weight excluding hydrogens is 334 g/mol. The number of methoxy groups -OCH3 is 2. The molecule has 0 unspecified atom stereocenters. The number of nitriles is 1. The summed E-state index contributed by atoms with van der Waals surface area (Å²) in [4.78, 5) is 25.1. The molecule has 0 bridgehead atoms. The molecule has 1 aromatic carbocycles. The number of nitrogens with zero attached hydrogens (tertiary/aromatic N) is 2. The van der Waals surface area contributed by atoms with Crippen molar-refractivity contribution in [1.29, 1.82) is 5.26 Å². The monoisotopic (exact) mass is 346 g/mol. The van der Waals surface area contributed by atoms with Gasteiger partial charge in [-0.3, -0.25) is 0 Å². The van der Waals surface area contributed by atoms with Crippen molar-refractivity contribution in [1.82, 2.24) is 0 Å². The smallest absolute Gasteiger partial charge is 0.355 e. The largest absolute Gasteiger partial charge is 0.465 e.